The molecule has 2 aliphatic rings. The lowest BCUT2D eigenvalue weighted by atomic mass is 9.80. The second-order valence-corrected chi connectivity index (χ2v) is 6.13. The van der Waals surface area contributed by atoms with Crippen molar-refractivity contribution in [2.45, 2.75) is 12.8 Å². The minimum atomic E-state index is -1.10. The predicted octanol–water partition coefficient (Wildman–Crippen LogP) is 1.05. The van der Waals surface area contributed by atoms with Crippen molar-refractivity contribution in [2.75, 3.05) is 39.5 Å². The topological polar surface area (TPSA) is 89.0 Å². The minimum Gasteiger partial charge on any atom is -0.477 e. The maximum Gasteiger partial charge on any atom is 0.354 e. The first-order valence-corrected chi connectivity index (χ1v) is 7.74. The molecule has 1 N–H and O–H groups in total. The second-order valence-electron chi connectivity index (χ2n) is 6.13. The summed E-state index contributed by atoms with van der Waals surface area (Å²) in [5.41, 5.74) is 0.291. The standard InChI is InChI=1S/C16H20N2O5/c19-14(12-1-2-13(15(20)21)17-9-12)18-5-8-23-11-16(10-18)3-6-22-7-4-16/h1-2,9H,3-8,10-11H2,(H,20,21). The number of hydrogen-bond donors (Lipinski definition) is 1. The lowest BCUT2D eigenvalue weighted by molar-refractivity contribution is -0.0304. The highest BCUT2D eigenvalue weighted by molar-refractivity contribution is 5.95. The van der Waals surface area contributed by atoms with E-state index in [1.807, 2.05) is 0 Å². The Bertz CT molecular complexity index is 581. The Morgan fingerprint density at radius 2 is 1.96 bits per heavy atom. The van der Waals surface area contributed by atoms with Crippen molar-refractivity contribution in [3.63, 3.8) is 0 Å². The highest BCUT2D eigenvalue weighted by atomic mass is 16.5. The van der Waals surface area contributed by atoms with Gasteiger partial charge in [0, 0.05) is 37.9 Å². The Labute approximate surface area is 134 Å². The number of aromatic carboxylic acids is 1. The van der Waals surface area contributed by atoms with Gasteiger partial charge in [0.2, 0.25) is 0 Å². The van der Waals surface area contributed by atoms with Crippen molar-refractivity contribution >= 4 is 11.9 Å². The highest BCUT2D eigenvalue weighted by Crippen LogP contribution is 2.33. The van der Waals surface area contributed by atoms with Gasteiger partial charge in [-0.05, 0) is 25.0 Å². The summed E-state index contributed by atoms with van der Waals surface area (Å²) in [6.07, 6.45) is 3.09. The summed E-state index contributed by atoms with van der Waals surface area (Å²) in [5.74, 6) is -1.24. The third-order valence-electron chi connectivity index (χ3n) is 4.51. The Morgan fingerprint density at radius 3 is 2.61 bits per heavy atom. The number of amides is 1. The zero-order valence-electron chi connectivity index (χ0n) is 12.9. The largest absolute Gasteiger partial charge is 0.477 e. The van der Waals surface area contributed by atoms with Crippen LogP contribution in [0.1, 0.15) is 33.7 Å². The molecule has 2 fully saturated rings. The molecule has 0 atom stereocenters. The van der Waals surface area contributed by atoms with Gasteiger partial charge in [-0.25, -0.2) is 9.78 Å². The van der Waals surface area contributed by atoms with Gasteiger partial charge >= 0.3 is 5.97 Å². The first-order valence-electron chi connectivity index (χ1n) is 7.74. The van der Waals surface area contributed by atoms with E-state index < -0.39 is 5.97 Å². The molecule has 1 aromatic heterocycles. The Balaban J connectivity index is 1.75. The molecule has 1 aromatic rings. The lowest BCUT2D eigenvalue weighted by Gasteiger charge is -2.38. The molecule has 0 unspecified atom stereocenters. The molecule has 0 radical (unpaired) electrons. The highest BCUT2D eigenvalue weighted by Gasteiger charge is 2.38. The monoisotopic (exact) mass is 320 g/mol. The van der Waals surface area contributed by atoms with Crippen LogP contribution in [0, 0.1) is 5.41 Å². The van der Waals surface area contributed by atoms with Crippen LogP contribution in [0.5, 0.6) is 0 Å². The fourth-order valence-electron chi connectivity index (χ4n) is 3.10. The molecule has 7 heteroatoms. The zero-order valence-corrected chi connectivity index (χ0v) is 12.9. The number of pyridine rings is 1. The average Bonchev–Trinajstić information content (AvgIpc) is 2.78. The van der Waals surface area contributed by atoms with E-state index in [0.717, 1.165) is 12.8 Å². The van der Waals surface area contributed by atoms with Gasteiger partial charge < -0.3 is 19.5 Å². The van der Waals surface area contributed by atoms with Gasteiger partial charge in [0.1, 0.15) is 5.69 Å². The Kier molecular flexibility index (Phi) is 4.58. The summed E-state index contributed by atoms with van der Waals surface area (Å²) in [7, 11) is 0. The Hall–Kier alpha value is -1.99. The molecule has 2 aliphatic heterocycles. The van der Waals surface area contributed by atoms with Gasteiger partial charge in [0.25, 0.3) is 5.91 Å². The molecule has 7 nitrogen and oxygen atoms in total. The predicted molar refractivity (Wildman–Crippen MR) is 80.4 cm³/mol. The van der Waals surface area contributed by atoms with E-state index in [2.05, 4.69) is 4.98 Å². The van der Waals surface area contributed by atoms with Crippen LogP contribution in [0.15, 0.2) is 18.3 Å². The molecule has 0 bridgehead atoms. The quantitative estimate of drug-likeness (QED) is 0.876. The van der Waals surface area contributed by atoms with E-state index in [1.54, 1.807) is 4.90 Å². The first-order chi connectivity index (χ1) is 11.1. The van der Waals surface area contributed by atoms with Gasteiger partial charge in [-0.2, -0.15) is 0 Å². The third-order valence-corrected chi connectivity index (χ3v) is 4.51. The molecule has 3 rings (SSSR count). The van der Waals surface area contributed by atoms with Gasteiger partial charge in [-0.15, -0.1) is 0 Å². The summed E-state index contributed by atoms with van der Waals surface area (Å²) in [4.78, 5) is 29.2. The van der Waals surface area contributed by atoms with Crippen LogP contribution in [0.2, 0.25) is 0 Å². The summed E-state index contributed by atoms with van der Waals surface area (Å²) >= 11 is 0. The SMILES string of the molecule is O=C(O)c1ccc(C(=O)N2CCOCC3(CCOCC3)C2)cn1. The molecule has 124 valence electrons. The van der Waals surface area contributed by atoms with Crippen molar-refractivity contribution in [2.24, 2.45) is 5.41 Å². The van der Waals surface area contributed by atoms with Crippen molar-refractivity contribution in [3.8, 4) is 0 Å². The van der Waals surface area contributed by atoms with Crippen LogP contribution >= 0.6 is 0 Å². The van der Waals surface area contributed by atoms with Gasteiger partial charge in [-0.1, -0.05) is 0 Å². The molecule has 0 aromatic carbocycles. The van der Waals surface area contributed by atoms with Crippen LogP contribution in [-0.4, -0.2) is 66.4 Å². The lowest BCUT2D eigenvalue weighted by Crippen LogP contribution is -2.44. The number of rotatable bonds is 2. The van der Waals surface area contributed by atoms with Crippen LogP contribution in [0.3, 0.4) is 0 Å². The number of hydrogen-bond acceptors (Lipinski definition) is 5. The van der Waals surface area contributed by atoms with Crippen molar-refractivity contribution in [1.29, 1.82) is 0 Å². The summed E-state index contributed by atoms with van der Waals surface area (Å²) in [6.45, 7) is 3.71. The number of carboxylic acid groups (broad SMARTS) is 1. The third kappa shape index (κ3) is 3.51. The maximum absolute atomic E-state index is 12.7. The first kappa shape index (κ1) is 15.9. The number of nitrogens with zero attached hydrogens (tertiary/aromatic N) is 2. The molecule has 1 amide bonds. The van der Waals surface area contributed by atoms with E-state index in [9.17, 15) is 9.59 Å². The summed E-state index contributed by atoms with van der Waals surface area (Å²) in [5, 5.41) is 8.88. The average molecular weight is 320 g/mol. The molecule has 23 heavy (non-hydrogen) atoms. The van der Waals surface area contributed by atoms with E-state index in [-0.39, 0.29) is 17.0 Å². The number of aromatic nitrogens is 1. The summed E-state index contributed by atoms with van der Waals surface area (Å²) in [6, 6.07) is 2.87. The number of ether oxygens (including phenoxy) is 2. The number of carbonyl (C=O) groups is 2. The fraction of sp³-hybridized carbons (Fsp3) is 0.562. The fourth-order valence-corrected chi connectivity index (χ4v) is 3.10. The molecule has 3 heterocycles. The van der Waals surface area contributed by atoms with E-state index >= 15 is 0 Å². The minimum absolute atomic E-state index is 0.0428. The van der Waals surface area contributed by atoms with E-state index in [1.165, 1.54) is 18.3 Å². The molecule has 0 saturated carbocycles. The zero-order chi connectivity index (χ0) is 16.3. The van der Waals surface area contributed by atoms with Gasteiger partial charge in [0.05, 0.1) is 18.8 Å². The number of carbonyl (C=O) groups excluding carboxylic acids is 1. The Morgan fingerprint density at radius 1 is 1.17 bits per heavy atom. The van der Waals surface area contributed by atoms with Crippen molar-refractivity contribution in [3.05, 3.63) is 29.6 Å². The molecular formula is C16H20N2O5. The van der Waals surface area contributed by atoms with Crippen LogP contribution < -0.4 is 0 Å². The van der Waals surface area contributed by atoms with Crippen LogP contribution in [0.25, 0.3) is 0 Å². The molecule has 2 saturated heterocycles. The second kappa shape index (κ2) is 6.64. The normalized spacial score (nSPS) is 21.0. The molecular weight excluding hydrogens is 300 g/mol. The molecule has 0 aliphatic carbocycles. The van der Waals surface area contributed by atoms with Crippen molar-refractivity contribution in [1.82, 2.24) is 9.88 Å². The van der Waals surface area contributed by atoms with Crippen LogP contribution in [-0.2, 0) is 9.47 Å². The number of carboxylic acids is 1. The van der Waals surface area contributed by atoms with Gasteiger partial charge in [-0.3, -0.25) is 4.79 Å². The van der Waals surface area contributed by atoms with E-state index in [4.69, 9.17) is 14.6 Å². The van der Waals surface area contributed by atoms with Crippen LogP contribution in [0.4, 0.5) is 0 Å². The van der Waals surface area contributed by atoms with Gasteiger partial charge in [0.15, 0.2) is 0 Å². The smallest absolute Gasteiger partial charge is 0.354 e. The van der Waals surface area contributed by atoms with Crippen molar-refractivity contribution < 1.29 is 24.2 Å². The molecule has 1 spiro atoms. The maximum atomic E-state index is 12.7. The summed E-state index contributed by atoms with van der Waals surface area (Å²) < 4.78 is 11.1. The van der Waals surface area contributed by atoms with E-state index in [0.29, 0.717) is 45.1 Å².